The van der Waals surface area contributed by atoms with Crippen LogP contribution in [0.25, 0.3) is 0 Å². The van der Waals surface area contributed by atoms with Gasteiger partial charge in [-0.25, -0.2) is 0 Å². The minimum Gasteiger partial charge on any atom is -0.486 e. The van der Waals surface area contributed by atoms with Gasteiger partial charge in [-0.1, -0.05) is 18.6 Å². The second-order valence-corrected chi connectivity index (χ2v) is 6.21. The van der Waals surface area contributed by atoms with Crippen molar-refractivity contribution in [1.29, 1.82) is 0 Å². The zero-order valence-corrected chi connectivity index (χ0v) is 13.3. The minimum atomic E-state index is 0.415. The maximum atomic E-state index is 5.71. The third kappa shape index (κ3) is 3.17. The first-order chi connectivity index (χ1) is 11.4. The molecule has 0 amide bonds. The summed E-state index contributed by atoms with van der Waals surface area (Å²) >= 11 is 0. The normalized spacial score (nSPS) is 21.1. The van der Waals surface area contributed by atoms with Crippen LogP contribution < -0.4 is 9.47 Å². The second kappa shape index (κ2) is 6.59. The van der Waals surface area contributed by atoms with Crippen LogP contribution in [0.5, 0.6) is 11.5 Å². The zero-order valence-electron chi connectivity index (χ0n) is 13.3. The van der Waals surface area contributed by atoms with Crippen molar-refractivity contribution < 1.29 is 9.47 Å². The molecule has 3 heterocycles. The predicted molar refractivity (Wildman–Crippen MR) is 88.7 cm³/mol. The number of aromatic nitrogens is 1. The summed E-state index contributed by atoms with van der Waals surface area (Å²) in [6.45, 7) is 3.32. The molecule has 2 aliphatic heterocycles. The van der Waals surface area contributed by atoms with Gasteiger partial charge in [0.2, 0.25) is 0 Å². The highest BCUT2D eigenvalue weighted by molar-refractivity contribution is 5.43. The van der Waals surface area contributed by atoms with E-state index in [9.17, 15) is 0 Å². The lowest BCUT2D eigenvalue weighted by Gasteiger charge is -2.35. The van der Waals surface area contributed by atoms with E-state index in [0.717, 1.165) is 24.6 Å². The number of ether oxygens (including phenoxy) is 2. The maximum absolute atomic E-state index is 5.71. The van der Waals surface area contributed by atoms with Gasteiger partial charge in [0, 0.05) is 12.7 Å². The lowest BCUT2D eigenvalue weighted by molar-refractivity contribution is 0.136. The fraction of sp³-hybridized carbons (Fsp3) is 0.421. The number of benzene rings is 1. The van der Waals surface area contributed by atoms with E-state index in [2.05, 4.69) is 34.1 Å². The Kier molecular flexibility index (Phi) is 4.16. The van der Waals surface area contributed by atoms with E-state index in [1.54, 1.807) is 0 Å². The molecule has 0 radical (unpaired) electrons. The quantitative estimate of drug-likeness (QED) is 0.868. The molecule has 4 rings (SSSR count). The SMILES string of the molecule is c1ccc([C@H]2CCCCN2Cc2ccc3c(c2)OCCO3)nc1. The molecule has 0 bridgehead atoms. The van der Waals surface area contributed by atoms with Crippen LogP contribution in [0.2, 0.25) is 0 Å². The van der Waals surface area contributed by atoms with Gasteiger partial charge in [-0.2, -0.15) is 0 Å². The van der Waals surface area contributed by atoms with Crippen LogP contribution >= 0.6 is 0 Å². The fourth-order valence-electron chi connectivity index (χ4n) is 3.51. The van der Waals surface area contributed by atoms with Gasteiger partial charge >= 0.3 is 0 Å². The molecule has 1 saturated heterocycles. The summed E-state index contributed by atoms with van der Waals surface area (Å²) in [5.74, 6) is 1.74. The number of piperidine rings is 1. The summed E-state index contributed by atoms with van der Waals surface area (Å²) < 4.78 is 11.3. The van der Waals surface area contributed by atoms with Gasteiger partial charge in [-0.3, -0.25) is 9.88 Å². The highest BCUT2D eigenvalue weighted by Gasteiger charge is 2.25. The third-order valence-electron chi connectivity index (χ3n) is 4.64. The number of hydrogen-bond acceptors (Lipinski definition) is 4. The van der Waals surface area contributed by atoms with Crippen molar-refractivity contribution in [3.8, 4) is 11.5 Å². The van der Waals surface area contributed by atoms with Gasteiger partial charge in [-0.15, -0.1) is 0 Å². The number of rotatable bonds is 3. The van der Waals surface area contributed by atoms with Crippen LogP contribution in [0, 0.1) is 0 Å². The molecule has 0 saturated carbocycles. The second-order valence-electron chi connectivity index (χ2n) is 6.21. The summed E-state index contributed by atoms with van der Waals surface area (Å²) in [6, 6.07) is 12.9. The predicted octanol–water partition coefficient (Wildman–Crippen LogP) is 3.58. The van der Waals surface area contributed by atoms with Crippen LogP contribution in [-0.2, 0) is 6.54 Å². The largest absolute Gasteiger partial charge is 0.486 e. The van der Waals surface area contributed by atoms with Crippen molar-refractivity contribution in [2.75, 3.05) is 19.8 Å². The number of hydrogen-bond donors (Lipinski definition) is 0. The molecular formula is C19H22N2O2. The number of nitrogens with zero attached hydrogens (tertiary/aromatic N) is 2. The first-order valence-electron chi connectivity index (χ1n) is 8.44. The van der Waals surface area contributed by atoms with Gasteiger partial charge in [0.1, 0.15) is 13.2 Å². The first-order valence-corrected chi connectivity index (χ1v) is 8.44. The summed E-state index contributed by atoms with van der Waals surface area (Å²) in [6.07, 6.45) is 5.61. The Morgan fingerprint density at radius 1 is 1.04 bits per heavy atom. The molecular weight excluding hydrogens is 288 g/mol. The molecule has 4 heteroatoms. The van der Waals surface area contributed by atoms with E-state index in [1.807, 2.05) is 18.3 Å². The zero-order chi connectivity index (χ0) is 15.5. The number of pyridine rings is 1. The molecule has 23 heavy (non-hydrogen) atoms. The molecule has 1 fully saturated rings. The highest BCUT2D eigenvalue weighted by atomic mass is 16.6. The fourth-order valence-corrected chi connectivity index (χ4v) is 3.51. The van der Waals surface area contributed by atoms with E-state index in [1.165, 1.54) is 30.5 Å². The molecule has 0 N–H and O–H groups in total. The van der Waals surface area contributed by atoms with Gasteiger partial charge < -0.3 is 9.47 Å². The Hall–Kier alpha value is -2.07. The molecule has 0 unspecified atom stereocenters. The minimum absolute atomic E-state index is 0.415. The molecule has 1 atom stereocenters. The standard InChI is InChI=1S/C19H22N2O2/c1-3-9-20-16(5-1)17-6-2-4-10-21(17)14-15-7-8-18-19(13-15)23-12-11-22-18/h1,3,5,7-9,13,17H,2,4,6,10-12,14H2/t17-/m1/s1. The Morgan fingerprint density at radius 3 is 2.83 bits per heavy atom. The van der Waals surface area contributed by atoms with Crippen LogP contribution in [0.1, 0.15) is 36.6 Å². The molecule has 2 aliphatic rings. The molecule has 4 nitrogen and oxygen atoms in total. The van der Waals surface area contributed by atoms with E-state index in [-0.39, 0.29) is 0 Å². The average molecular weight is 310 g/mol. The monoisotopic (exact) mass is 310 g/mol. The molecule has 0 aliphatic carbocycles. The summed E-state index contributed by atoms with van der Waals surface area (Å²) in [4.78, 5) is 7.12. The Morgan fingerprint density at radius 2 is 1.96 bits per heavy atom. The highest BCUT2D eigenvalue weighted by Crippen LogP contribution is 2.34. The third-order valence-corrected chi connectivity index (χ3v) is 4.64. The van der Waals surface area contributed by atoms with Crippen molar-refractivity contribution in [2.45, 2.75) is 31.8 Å². The summed E-state index contributed by atoms with van der Waals surface area (Å²) in [5, 5.41) is 0. The van der Waals surface area contributed by atoms with Gasteiger partial charge in [0.15, 0.2) is 11.5 Å². The number of fused-ring (bicyclic) bond motifs is 1. The van der Waals surface area contributed by atoms with E-state index in [0.29, 0.717) is 19.3 Å². The van der Waals surface area contributed by atoms with E-state index < -0.39 is 0 Å². The van der Waals surface area contributed by atoms with E-state index >= 15 is 0 Å². The topological polar surface area (TPSA) is 34.6 Å². The van der Waals surface area contributed by atoms with Crippen molar-refractivity contribution in [3.05, 3.63) is 53.9 Å². The molecule has 2 aromatic rings. The van der Waals surface area contributed by atoms with Gasteiger partial charge in [0.05, 0.1) is 11.7 Å². The smallest absolute Gasteiger partial charge is 0.161 e. The van der Waals surface area contributed by atoms with Crippen molar-refractivity contribution in [2.24, 2.45) is 0 Å². The van der Waals surface area contributed by atoms with Crippen LogP contribution in [-0.4, -0.2) is 29.6 Å². The average Bonchev–Trinajstić information content (AvgIpc) is 2.63. The Labute approximate surface area is 137 Å². The molecule has 1 aromatic heterocycles. The van der Waals surface area contributed by atoms with Gasteiger partial charge in [0.25, 0.3) is 0 Å². The first kappa shape index (κ1) is 14.5. The molecule has 1 aromatic carbocycles. The molecule has 0 spiro atoms. The maximum Gasteiger partial charge on any atom is 0.161 e. The molecule has 120 valence electrons. The van der Waals surface area contributed by atoms with Crippen molar-refractivity contribution >= 4 is 0 Å². The lowest BCUT2D eigenvalue weighted by atomic mass is 9.98. The van der Waals surface area contributed by atoms with Gasteiger partial charge in [-0.05, 0) is 49.2 Å². The van der Waals surface area contributed by atoms with Crippen LogP contribution in [0.3, 0.4) is 0 Å². The summed E-state index contributed by atoms with van der Waals surface area (Å²) in [7, 11) is 0. The Bertz CT molecular complexity index is 660. The van der Waals surface area contributed by atoms with Crippen LogP contribution in [0.4, 0.5) is 0 Å². The van der Waals surface area contributed by atoms with Crippen molar-refractivity contribution in [3.63, 3.8) is 0 Å². The number of likely N-dealkylation sites (tertiary alicyclic amines) is 1. The Balaban J connectivity index is 1.54. The van der Waals surface area contributed by atoms with Crippen molar-refractivity contribution in [1.82, 2.24) is 9.88 Å². The van der Waals surface area contributed by atoms with Crippen LogP contribution in [0.15, 0.2) is 42.6 Å². The summed E-state index contributed by atoms with van der Waals surface area (Å²) in [5.41, 5.74) is 2.46. The lowest BCUT2D eigenvalue weighted by Crippen LogP contribution is -2.33. The van der Waals surface area contributed by atoms with E-state index in [4.69, 9.17) is 9.47 Å².